The maximum absolute atomic E-state index is 11.5. The maximum Gasteiger partial charge on any atom is 0.232 e. The Morgan fingerprint density at radius 2 is 2.16 bits per heavy atom. The molecule has 0 spiro atoms. The van der Waals surface area contributed by atoms with Crippen LogP contribution in [0, 0.1) is 5.92 Å². The second-order valence-corrected chi connectivity index (χ2v) is 4.17. The Morgan fingerprint density at radius 3 is 2.74 bits per heavy atom. The van der Waals surface area contributed by atoms with Crippen molar-refractivity contribution in [3.8, 4) is 11.5 Å². The average Bonchev–Trinajstić information content (AvgIpc) is 2.39. The van der Waals surface area contributed by atoms with Gasteiger partial charge in [0.25, 0.3) is 0 Å². The van der Waals surface area contributed by atoms with Crippen molar-refractivity contribution in [3.05, 3.63) is 23.8 Å². The van der Waals surface area contributed by atoms with Crippen LogP contribution in [0.5, 0.6) is 11.5 Å². The summed E-state index contributed by atoms with van der Waals surface area (Å²) in [6.45, 7) is 1.84. The van der Waals surface area contributed by atoms with Crippen LogP contribution in [0.25, 0.3) is 0 Å². The fraction of sp³-hybridized carbons (Fsp3) is 0.385. The highest BCUT2D eigenvalue weighted by molar-refractivity contribution is 5.99. The Morgan fingerprint density at radius 1 is 1.47 bits per heavy atom. The van der Waals surface area contributed by atoms with Crippen LogP contribution < -0.4 is 15.8 Å². The zero-order chi connectivity index (χ0) is 14.4. The lowest BCUT2D eigenvalue weighted by Gasteiger charge is -2.10. The van der Waals surface area contributed by atoms with Crippen molar-refractivity contribution in [2.24, 2.45) is 11.7 Å². The molecule has 0 bridgehead atoms. The van der Waals surface area contributed by atoms with E-state index in [0.717, 1.165) is 5.56 Å². The van der Waals surface area contributed by atoms with Crippen molar-refractivity contribution < 1.29 is 19.4 Å². The normalized spacial score (nSPS) is 11.7. The Hall–Kier alpha value is -2.24. The maximum atomic E-state index is 11.5. The van der Waals surface area contributed by atoms with Gasteiger partial charge in [-0.3, -0.25) is 9.59 Å². The van der Waals surface area contributed by atoms with E-state index in [4.69, 9.17) is 10.5 Å². The van der Waals surface area contributed by atoms with Crippen LogP contribution in [0.15, 0.2) is 18.2 Å². The first-order valence-corrected chi connectivity index (χ1v) is 5.88. The molecule has 0 fully saturated rings. The van der Waals surface area contributed by atoms with E-state index < -0.39 is 17.7 Å². The second kappa shape index (κ2) is 6.63. The van der Waals surface area contributed by atoms with Crippen molar-refractivity contribution in [2.45, 2.75) is 13.3 Å². The minimum Gasteiger partial charge on any atom is -0.504 e. The number of phenolic OH excluding ortho intramolecular Hbond substituents is 1. The van der Waals surface area contributed by atoms with Crippen LogP contribution in [0.3, 0.4) is 0 Å². The summed E-state index contributed by atoms with van der Waals surface area (Å²) >= 11 is 0. The average molecular weight is 266 g/mol. The molecule has 0 aliphatic rings. The quantitative estimate of drug-likeness (QED) is 0.639. The van der Waals surface area contributed by atoms with Gasteiger partial charge in [-0.25, -0.2) is 0 Å². The van der Waals surface area contributed by atoms with Crippen molar-refractivity contribution >= 4 is 11.8 Å². The van der Waals surface area contributed by atoms with Crippen LogP contribution >= 0.6 is 0 Å². The number of benzene rings is 1. The van der Waals surface area contributed by atoms with Gasteiger partial charge in [-0.1, -0.05) is 6.07 Å². The first kappa shape index (κ1) is 14.8. The number of ether oxygens (including phenoxy) is 1. The van der Waals surface area contributed by atoms with E-state index in [1.54, 1.807) is 12.1 Å². The van der Waals surface area contributed by atoms with Crippen LogP contribution in [-0.2, 0) is 16.0 Å². The second-order valence-electron chi connectivity index (χ2n) is 4.17. The number of rotatable bonds is 6. The summed E-state index contributed by atoms with van der Waals surface area (Å²) in [6.07, 6.45) is 0.563. The molecule has 6 heteroatoms. The van der Waals surface area contributed by atoms with Gasteiger partial charge in [-0.2, -0.15) is 0 Å². The monoisotopic (exact) mass is 266 g/mol. The molecule has 0 saturated carbocycles. The largest absolute Gasteiger partial charge is 0.504 e. The Labute approximate surface area is 111 Å². The Kier molecular flexibility index (Phi) is 5.17. The van der Waals surface area contributed by atoms with E-state index >= 15 is 0 Å². The molecule has 0 radical (unpaired) electrons. The number of aromatic hydroxyl groups is 1. The smallest absolute Gasteiger partial charge is 0.232 e. The van der Waals surface area contributed by atoms with E-state index in [1.807, 2.05) is 0 Å². The standard InChI is InChI=1S/C13H18N2O4/c1-8(12(14)17)13(18)15-6-5-9-3-4-10(16)11(7-9)19-2/h3-4,7-8,16H,5-6H2,1-2H3,(H2,14,17)(H,15,18). The molecule has 0 heterocycles. The summed E-state index contributed by atoms with van der Waals surface area (Å²) in [7, 11) is 1.47. The lowest BCUT2D eigenvalue weighted by molar-refractivity contribution is -0.132. The van der Waals surface area contributed by atoms with Gasteiger partial charge in [-0.05, 0) is 31.0 Å². The van der Waals surface area contributed by atoms with Crippen LogP contribution in [0.1, 0.15) is 12.5 Å². The van der Waals surface area contributed by atoms with Gasteiger partial charge < -0.3 is 20.9 Å². The lowest BCUT2D eigenvalue weighted by Crippen LogP contribution is -2.37. The molecule has 19 heavy (non-hydrogen) atoms. The third kappa shape index (κ3) is 4.17. The number of amides is 2. The number of hydrogen-bond acceptors (Lipinski definition) is 4. The molecule has 1 rings (SSSR count). The SMILES string of the molecule is COc1cc(CCNC(=O)C(C)C(N)=O)ccc1O. The van der Waals surface area contributed by atoms with E-state index in [-0.39, 0.29) is 5.75 Å². The van der Waals surface area contributed by atoms with Gasteiger partial charge in [0, 0.05) is 6.54 Å². The van der Waals surface area contributed by atoms with Gasteiger partial charge in [0.05, 0.1) is 7.11 Å². The Balaban J connectivity index is 2.49. The van der Waals surface area contributed by atoms with Gasteiger partial charge in [-0.15, -0.1) is 0 Å². The van der Waals surface area contributed by atoms with Gasteiger partial charge in [0.1, 0.15) is 5.92 Å². The number of nitrogens with two attached hydrogens (primary N) is 1. The number of nitrogens with one attached hydrogen (secondary N) is 1. The first-order chi connectivity index (χ1) is 8.95. The van der Waals surface area contributed by atoms with Crippen molar-refractivity contribution in [2.75, 3.05) is 13.7 Å². The number of primary amides is 1. The van der Waals surface area contributed by atoms with Gasteiger partial charge in [0.2, 0.25) is 11.8 Å². The van der Waals surface area contributed by atoms with Crippen molar-refractivity contribution in [1.29, 1.82) is 0 Å². The first-order valence-electron chi connectivity index (χ1n) is 5.88. The van der Waals surface area contributed by atoms with Gasteiger partial charge in [0.15, 0.2) is 11.5 Å². The third-order valence-corrected chi connectivity index (χ3v) is 2.78. The number of hydrogen-bond donors (Lipinski definition) is 3. The molecule has 0 saturated heterocycles. The number of methoxy groups -OCH3 is 1. The summed E-state index contributed by atoms with van der Waals surface area (Å²) in [4.78, 5) is 22.3. The topological polar surface area (TPSA) is 102 Å². The molecule has 1 atom stereocenters. The van der Waals surface area contributed by atoms with Crippen LogP contribution in [-0.4, -0.2) is 30.6 Å². The van der Waals surface area contributed by atoms with E-state index in [9.17, 15) is 14.7 Å². The lowest BCUT2D eigenvalue weighted by atomic mass is 10.1. The molecule has 6 nitrogen and oxygen atoms in total. The molecular weight excluding hydrogens is 248 g/mol. The molecule has 1 aromatic carbocycles. The van der Waals surface area contributed by atoms with Crippen LogP contribution in [0.2, 0.25) is 0 Å². The third-order valence-electron chi connectivity index (χ3n) is 2.78. The summed E-state index contributed by atoms with van der Waals surface area (Å²) < 4.78 is 4.98. The minimum absolute atomic E-state index is 0.0673. The zero-order valence-electron chi connectivity index (χ0n) is 11.0. The molecule has 0 aliphatic carbocycles. The fourth-order valence-corrected chi connectivity index (χ4v) is 1.49. The molecule has 0 aliphatic heterocycles. The van der Waals surface area contributed by atoms with Crippen LogP contribution in [0.4, 0.5) is 0 Å². The molecule has 2 amide bonds. The zero-order valence-corrected chi connectivity index (χ0v) is 11.0. The predicted molar refractivity (Wildman–Crippen MR) is 69.7 cm³/mol. The summed E-state index contributed by atoms with van der Waals surface area (Å²) in [5.74, 6) is -1.43. The number of phenols is 1. The summed E-state index contributed by atoms with van der Waals surface area (Å²) in [5.41, 5.74) is 5.93. The van der Waals surface area contributed by atoms with E-state index in [0.29, 0.717) is 18.7 Å². The fourth-order valence-electron chi connectivity index (χ4n) is 1.49. The van der Waals surface area contributed by atoms with E-state index in [2.05, 4.69) is 5.32 Å². The number of carbonyl (C=O) groups is 2. The van der Waals surface area contributed by atoms with Crippen molar-refractivity contribution in [3.63, 3.8) is 0 Å². The molecule has 1 unspecified atom stereocenters. The molecule has 104 valence electrons. The van der Waals surface area contributed by atoms with Gasteiger partial charge >= 0.3 is 0 Å². The highest BCUT2D eigenvalue weighted by atomic mass is 16.5. The molecular formula is C13H18N2O4. The highest BCUT2D eigenvalue weighted by Crippen LogP contribution is 2.26. The predicted octanol–water partition coefficient (Wildman–Crippen LogP) is 0.181. The van der Waals surface area contributed by atoms with E-state index in [1.165, 1.54) is 20.1 Å². The Bertz CT molecular complexity index is 474. The summed E-state index contributed by atoms with van der Waals surface area (Å²) in [5, 5.41) is 12.1. The minimum atomic E-state index is -0.839. The molecule has 0 aromatic heterocycles. The number of carbonyl (C=O) groups excluding carboxylic acids is 2. The molecule has 1 aromatic rings. The highest BCUT2D eigenvalue weighted by Gasteiger charge is 2.17. The van der Waals surface area contributed by atoms with Crippen molar-refractivity contribution in [1.82, 2.24) is 5.32 Å². The molecule has 4 N–H and O–H groups in total. The summed E-state index contributed by atoms with van der Waals surface area (Å²) in [6, 6.07) is 4.96.